The second-order valence-electron chi connectivity index (χ2n) is 13.1. The van der Waals surface area contributed by atoms with E-state index < -0.39 is 5.60 Å². The van der Waals surface area contributed by atoms with Crippen molar-refractivity contribution in [3.05, 3.63) is 12.2 Å². The summed E-state index contributed by atoms with van der Waals surface area (Å²) in [6.45, 7) is 11.6. The highest BCUT2D eigenvalue weighted by Gasteiger charge is 2.81. The Hall–Kier alpha value is -0.630. The van der Waals surface area contributed by atoms with Gasteiger partial charge in [-0.2, -0.15) is 0 Å². The van der Waals surface area contributed by atoms with E-state index in [9.17, 15) is 9.90 Å². The van der Waals surface area contributed by atoms with E-state index in [4.69, 9.17) is 0 Å². The minimum atomic E-state index is -0.426. The second kappa shape index (κ2) is 6.46. The largest absolute Gasteiger partial charge is 0.390 e. The van der Waals surface area contributed by atoms with Crippen molar-refractivity contribution >= 4 is 5.78 Å². The van der Waals surface area contributed by atoms with Gasteiger partial charge in [-0.3, -0.25) is 4.79 Å². The molecule has 0 aromatic carbocycles. The molecule has 5 fully saturated rings. The summed E-state index contributed by atoms with van der Waals surface area (Å²) < 4.78 is 0. The average Bonchev–Trinajstić information content (AvgIpc) is 3.23. The fourth-order valence-electron chi connectivity index (χ4n) is 10.7. The molecule has 0 radical (unpaired) electrons. The number of carbonyl (C=O) groups excluding carboxylic acids is 1. The molecule has 30 heavy (non-hydrogen) atoms. The second-order valence-corrected chi connectivity index (χ2v) is 13.1. The van der Waals surface area contributed by atoms with Crippen LogP contribution in [-0.4, -0.2) is 16.5 Å². The van der Waals surface area contributed by atoms with Crippen LogP contribution in [0.1, 0.15) is 105 Å². The van der Waals surface area contributed by atoms with Gasteiger partial charge in [-0.25, -0.2) is 0 Å². The van der Waals surface area contributed by atoms with E-state index in [2.05, 4.69) is 33.8 Å². The van der Waals surface area contributed by atoms with Crippen LogP contribution in [0.15, 0.2) is 12.2 Å². The van der Waals surface area contributed by atoms with Crippen molar-refractivity contribution < 1.29 is 9.90 Å². The zero-order chi connectivity index (χ0) is 21.6. The quantitative estimate of drug-likeness (QED) is 0.521. The number of allylic oxidation sites excluding steroid dienone is 2. The van der Waals surface area contributed by atoms with Crippen molar-refractivity contribution in [1.29, 1.82) is 0 Å². The number of carbonyl (C=O) groups is 1. The summed E-state index contributed by atoms with van der Waals surface area (Å²) in [5.74, 6) is 3.01. The van der Waals surface area contributed by atoms with Crippen LogP contribution >= 0.6 is 0 Å². The Labute approximate surface area is 184 Å². The van der Waals surface area contributed by atoms with Gasteiger partial charge >= 0.3 is 0 Å². The molecule has 0 aliphatic heterocycles. The maximum Gasteiger partial charge on any atom is 0.152 e. The van der Waals surface area contributed by atoms with Crippen LogP contribution in [-0.2, 0) is 4.79 Å². The third-order valence-corrected chi connectivity index (χ3v) is 12.1. The van der Waals surface area contributed by atoms with Gasteiger partial charge in [0.05, 0.1) is 5.60 Å². The molecule has 0 unspecified atom stereocenters. The Morgan fingerprint density at radius 1 is 0.967 bits per heavy atom. The van der Waals surface area contributed by atoms with Gasteiger partial charge in [-0.1, -0.05) is 33.3 Å². The lowest BCUT2D eigenvalue weighted by molar-refractivity contribution is -0.162. The third kappa shape index (κ3) is 2.49. The van der Waals surface area contributed by atoms with Gasteiger partial charge in [0.2, 0.25) is 0 Å². The molecule has 1 N–H and O–H groups in total. The maximum absolute atomic E-state index is 11.3. The van der Waals surface area contributed by atoms with Gasteiger partial charge in [-0.05, 0) is 129 Å². The molecule has 0 heterocycles. The zero-order valence-corrected chi connectivity index (χ0v) is 20.1. The summed E-state index contributed by atoms with van der Waals surface area (Å²) in [4.78, 5) is 11.3. The van der Waals surface area contributed by atoms with Crippen LogP contribution < -0.4 is 0 Å². The highest BCUT2D eigenvalue weighted by Crippen LogP contribution is 2.88. The lowest BCUT2D eigenvalue weighted by Gasteiger charge is -2.62. The lowest BCUT2D eigenvalue weighted by Crippen LogP contribution is -2.57. The van der Waals surface area contributed by atoms with Crippen molar-refractivity contribution in [2.24, 2.45) is 45.3 Å². The molecule has 0 bridgehead atoms. The van der Waals surface area contributed by atoms with Crippen LogP contribution in [0.25, 0.3) is 0 Å². The molecule has 168 valence electrons. The van der Waals surface area contributed by atoms with Crippen LogP contribution in [0.5, 0.6) is 0 Å². The van der Waals surface area contributed by atoms with E-state index in [0.29, 0.717) is 33.5 Å². The van der Waals surface area contributed by atoms with Crippen LogP contribution in [0, 0.1) is 45.3 Å². The van der Waals surface area contributed by atoms with E-state index in [-0.39, 0.29) is 5.78 Å². The Morgan fingerprint density at radius 3 is 2.40 bits per heavy atom. The van der Waals surface area contributed by atoms with Gasteiger partial charge in [-0.15, -0.1) is 0 Å². The summed E-state index contributed by atoms with van der Waals surface area (Å²) in [6, 6.07) is 0. The first-order chi connectivity index (χ1) is 14.0. The van der Waals surface area contributed by atoms with E-state index in [0.717, 1.165) is 24.7 Å². The van der Waals surface area contributed by atoms with E-state index in [1.54, 1.807) is 13.0 Å². The molecule has 2 heteroatoms. The summed E-state index contributed by atoms with van der Waals surface area (Å²) in [5.41, 5.74) is 1.47. The van der Waals surface area contributed by atoms with Gasteiger partial charge in [0.15, 0.2) is 5.78 Å². The summed E-state index contributed by atoms with van der Waals surface area (Å²) in [5, 5.41) is 11.3. The SMILES string of the molecule is CC(=O)/C=C/C[C@H](C)[C@H]1CC[C@@]2(C)[C@@H]3CC[C@@H]4[C@@]5(CCC[C@]4(C)O)C[C@@]35CC[C@]12C. The molecule has 2 spiro atoms. The molecule has 0 aromatic heterocycles. The first-order valence-corrected chi connectivity index (χ1v) is 12.9. The molecule has 0 amide bonds. The topological polar surface area (TPSA) is 37.3 Å². The molecule has 9 atom stereocenters. The number of aliphatic hydroxyl groups is 1. The van der Waals surface area contributed by atoms with Crippen molar-refractivity contribution in [2.45, 2.75) is 111 Å². The number of rotatable bonds is 4. The predicted molar refractivity (Wildman–Crippen MR) is 122 cm³/mol. The summed E-state index contributed by atoms with van der Waals surface area (Å²) in [7, 11) is 0. The standard InChI is InChI=1S/C28H44O2/c1-19(8-6-9-20(2)29)21-12-15-25(4)22-10-11-23-26(5,30)13-7-14-27(23)18-28(22,27)17-16-24(21,25)3/h6,9,19,21-23,30H,7-8,10-18H2,1-5H3/b9-6+/t19-,21+,22-,23-,24+,25-,26-,27+,28-/m0/s1. The molecular formula is C28H44O2. The van der Waals surface area contributed by atoms with Crippen LogP contribution in [0.2, 0.25) is 0 Å². The van der Waals surface area contributed by atoms with Gasteiger partial charge < -0.3 is 5.11 Å². The van der Waals surface area contributed by atoms with Crippen molar-refractivity contribution in [3.8, 4) is 0 Å². The molecule has 5 rings (SSSR count). The predicted octanol–water partition coefficient (Wildman–Crippen LogP) is 6.71. The van der Waals surface area contributed by atoms with Crippen LogP contribution in [0.3, 0.4) is 0 Å². The molecule has 2 nitrogen and oxygen atoms in total. The van der Waals surface area contributed by atoms with Gasteiger partial charge in [0.1, 0.15) is 0 Å². The van der Waals surface area contributed by atoms with Gasteiger partial charge in [0, 0.05) is 0 Å². The van der Waals surface area contributed by atoms with E-state index in [1.807, 2.05) is 0 Å². The summed E-state index contributed by atoms with van der Waals surface area (Å²) >= 11 is 0. The van der Waals surface area contributed by atoms with E-state index in [1.165, 1.54) is 57.8 Å². The first kappa shape index (κ1) is 21.2. The van der Waals surface area contributed by atoms with Gasteiger partial charge in [0.25, 0.3) is 0 Å². The molecule has 5 saturated carbocycles. The maximum atomic E-state index is 11.3. The minimum Gasteiger partial charge on any atom is -0.390 e. The highest BCUT2D eigenvalue weighted by molar-refractivity contribution is 5.87. The fraction of sp³-hybridized carbons (Fsp3) is 0.893. The Morgan fingerprint density at radius 2 is 1.67 bits per heavy atom. The van der Waals surface area contributed by atoms with Crippen molar-refractivity contribution in [1.82, 2.24) is 0 Å². The number of fused-ring (bicyclic) bond motifs is 2. The smallest absolute Gasteiger partial charge is 0.152 e. The third-order valence-electron chi connectivity index (χ3n) is 12.1. The highest BCUT2D eigenvalue weighted by atomic mass is 16.3. The van der Waals surface area contributed by atoms with Crippen molar-refractivity contribution in [2.75, 3.05) is 0 Å². The first-order valence-electron chi connectivity index (χ1n) is 12.9. The molecular weight excluding hydrogens is 368 g/mol. The fourth-order valence-corrected chi connectivity index (χ4v) is 10.7. The number of hydrogen-bond acceptors (Lipinski definition) is 2. The Balaban J connectivity index is 1.42. The molecule has 5 aliphatic carbocycles. The number of hydrogen-bond donors (Lipinski definition) is 1. The lowest BCUT2D eigenvalue weighted by atomic mass is 9.42. The Bertz CT molecular complexity index is 767. The Kier molecular flexibility index (Phi) is 4.57. The molecule has 5 aliphatic rings. The average molecular weight is 413 g/mol. The minimum absolute atomic E-state index is 0.170. The molecule has 0 saturated heterocycles. The zero-order valence-electron chi connectivity index (χ0n) is 20.1. The number of ketones is 1. The normalized spacial score (nSPS) is 55.3. The molecule has 0 aromatic rings. The van der Waals surface area contributed by atoms with E-state index >= 15 is 0 Å². The van der Waals surface area contributed by atoms with Crippen molar-refractivity contribution in [3.63, 3.8) is 0 Å². The summed E-state index contributed by atoms with van der Waals surface area (Å²) in [6.07, 6.45) is 18.1. The monoisotopic (exact) mass is 412 g/mol. The van der Waals surface area contributed by atoms with Crippen LogP contribution in [0.4, 0.5) is 0 Å².